The molecule has 0 aromatic carbocycles. The van der Waals surface area contributed by atoms with E-state index in [1.807, 2.05) is 0 Å². The molecule has 23 nitrogen and oxygen atoms in total. The van der Waals surface area contributed by atoms with Crippen molar-refractivity contribution >= 4 is 5.91 Å². The molecule has 3 aliphatic heterocycles. The summed E-state index contributed by atoms with van der Waals surface area (Å²) in [6.45, 7) is -1.66. The largest absolute Gasteiger partial charge is 0.394 e. The summed E-state index contributed by atoms with van der Waals surface area (Å²) in [5, 5.41) is 96.7. The van der Waals surface area contributed by atoms with E-state index in [1.54, 1.807) is 0 Å². The summed E-state index contributed by atoms with van der Waals surface area (Å²) in [7, 11) is 0. The summed E-state index contributed by atoms with van der Waals surface area (Å²) in [6, 6.07) is -5.06. The highest BCUT2D eigenvalue weighted by Crippen LogP contribution is 2.34. The molecular weight excluding hydrogens is 678 g/mol. The Morgan fingerprint density at radius 1 is 0.680 bits per heavy atom. The summed E-state index contributed by atoms with van der Waals surface area (Å²) in [4.78, 5) is 12.7. The number of ether oxygens (including phenoxy) is 6. The molecule has 1 saturated carbocycles. The van der Waals surface area contributed by atoms with Gasteiger partial charge in [0.15, 0.2) is 25.0 Å². The van der Waals surface area contributed by atoms with E-state index in [1.165, 1.54) is 0 Å². The van der Waals surface area contributed by atoms with Crippen molar-refractivity contribution in [2.75, 3.05) is 26.2 Å². The molecule has 3 saturated heterocycles. The Morgan fingerprint density at radius 3 is 1.64 bits per heavy atom. The molecule has 292 valence electrons. The first kappa shape index (κ1) is 41.4. The minimum atomic E-state index is -1.97. The number of aliphatic hydroxyl groups is 9. The number of nitrogens with one attached hydrogen (secondary N) is 1. The number of carbonyl (C=O) groups is 1. The Morgan fingerprint density at radius 2 is 1.16 bits per heavy atom. The van der Waals surface area contributed by atoms with Gasteiger partial charge in [-0.05, 0) is 6.42 Å². The van der Waals surface area contributed by atoms with Crippen LogP contribution >= 0.6 is 0 Å². The number of hydrogen-bond acceptors (Lipinski definition) is 22. The van der Waals surface area contributed by atoms with Gasteiger partial charge in [0, 0.05) is 25.7 Å². The van der Waals surface area contributed by atoms with E-state index in [0.29, 0.717) is 0 Å². The van der Waals surface area contributed by atoms with E-state index in [-0.39, 0.29) is 19.5 Å². The number of aliphatic hydroxyl groups excluding tert-OH is 9. The quantitative estimate of drug-likeness (QED) is 0.0836. The van der Waals surface area contributed by atoms with Crippen LogP contribution in [0.3, 0.4) is 0 Å². The number of hydrogen-bond donors (Lipinski definition) is 16. The maximum atomic E-state index is 12.7. The summed E-state index contributed by atoms with van der Waals surface area (Å²) in [5.41, 5.74) is 35.2. The van der Waals surface area contributed by atoms with Gasteiger partial charge in [0.2, 0.25) is 0 Å². The first-order valence-electron chi connectivity index (χ1n) is 16.2. The normalized spacial score (nSPS) is 48.3. The van der Waals surface area contributed by atoms with Crippen LogP contribution in [0.1, 0.15) is 6.42 Å². The average Bonchev–Trinajstić information content (AvgIpc) is 3.40. The Labute approximate surface area is 286 Å². The van der Waals surface area contributed by atoms with Crippen molar-refractivity contribution in [3.05, 3.63) is 0 Å². The Balaban J connectivity index is 1.58. The van der Waals surface area contributed by atoms with Crippen LogP contribution in [0.15, 0.2) is 0 Å². The summed E-state index contributed by atoms with van der Waals surface area (Å²) in [6.07, 6.45) is -25.9. The summed E-state index contributed by atoms with van der Waals surface area (Å²) in [5.74, 6) is -1.10. The van der Waals surface area contributed by atoms with E-state index in [4.69, 9.17) is 62.8 Å². The zero-order valence-corrected chi connectivity index (χ0v) is 27.0. The van der Waals surface area contributed by atoms with Gasteiger partial charge in [0.05, 0.1) is 24.7 Å². The molecule has 23 heteroatoms. The molecule has 1 amide bonds. The highest BCUT2D eigenvalue weighted by molar-refractivity contribution is 5.81. The highest BCUT2D eigenvalue weighted by atomic mass is 16.8. The van der Waals surface area contributed by atoms with Crippen molar-refractivity contribution in [1.82, 2.24) is 5.32 Å². The van der Waals surface area contributed by atoms with Gasteiger partial charge in [-0.25, -0.2) is 0 Å². The minimum Gasteiger partial charge on any atom is -0.394 e. The van der Waals surface area contributed by atoms with E-state index in [0.717, 1.165) is 0 Å². The van der Waals surface area contributed by atoms with Gasteiger partial charge < -0.3 is 114 Å². The minimum absolute atomic E-state index is 0.219. The highest BCUT2D eigenvalue weighted by Gasteiger charge is 2.55. The third-order valence-electron chi connectivity index (χ3n) is 9.53. The standard InChI is InChI=1S/C27H53N7O16/c28-2-8(36)15(38)24(44)34-7-1-6(31)21(48-25-12(32)18(41)16(39)9(3-29)45-25)23(14(7)37)50-27-20(43)22(11(5-35)47-27)49-26-13(33)19(42)17(40)10(4-30)46-26/h6-23,25-27,35-43H,1-5,28-33H2,(H,34,44). The topological polar surface area (TPSA) is 423 Å². The molecule has 1 aliphatic carbocycles. The Hall–Kier alpha value is -1.37. The fraction of sp³-hybridized carbons (Fsp3) is 0.963. The molecular formula is C27H53N7O16. The van der Waals surface area contributed by atoms with Crippen molar-refractivity contribution in [3.8, 4) is 0 Å². The summed E-state index contributed by atoms with van der Waals surface area (Å²) >= 11 is 0. The second kappa shape index (κ2) is 17.6. The van der Waals surface area contributed by atoms with Crippen molar-refractivity contribution in [2.45, 2.75) is 135 Å². The fourth-order valence-corrected chi connectivity index (χ4v) is 6.42. The first-order chi connectivity index (χ1) is 23.6. The predicted molar refractivity (Wildman–Crippen MR) is 163 cm³/mol. The summed E-state index contributed by atoms with van der Waals surface area (Å²) < 4.78 is 34.8. The van der Waals surface area contributed by atoms with E-state index in [9.17, 15) is 50.8 Å². The maximum absolute atomic E-state index is 12.7. The molecule has 0 aromatic heterocycles. The lowest BCUT2D eigenvalue weighted by Crippen LogP contribution is -2.69. The zero-order valence-electron chi connectivity index (χ0n) is 27.0. The van der Waals surface area contributed by atoms with Gasteiger partial charge in [0.1, 0.15) is 79.4 Å². The van der Waals surface area contributed by atoms with Crippen LogP contribution in [-0.2, 0) is 33.2 Å². The first-order valence-corrected chi connectivity index (χ1v) is 16.2. The van der Waals surface area contributed by atoms with Crippen molar-refractivity contribution in [3.63, 3.8) is 0 Å². The lowest BCUT2D eigenvalue weighted by molar-refractivity contribution is -0.307. The smallest absolute Gasteiger partial charge is 0.251 e. The third kappa shape index (κ3) is 8.54. The number of rotatable bonds is 13. The number of nitrogens with two attached hydrogens (primary N) is 6. The molecule has 22 N–H and O–H groups in total. The van der Waals surface area contributed by atoms with Crippen LogP contribution in [0, 0.1) is 0 Å². The molecule has 0 aromatic rings. The molecule has 0 spiro atoms. The number of carbonyl (C=O) groups excluding carboxylic acids is 1. The molecule has 4 aliphatic rings. The molecule has 50 heavy (non-hydrogen) atoms. The maximum Gasteiger partial charge on any atom is 0.251 e. The van der Waals surface area contributed by atoms with Crippen LogP contribution in [0.25, 0.3) is 0 Å². The lowest BCUT2D eigenvalue weighted by Gasteiger charge is -2.48. The fourth-order valence-electron chi connectivity index (χ4n) is 6.42. The molecule has 21 atom stereocenters. The SMILES string of the molecule is NCC(O)C(O)C(=O)NC1CC(N)C(OC2OC(CN)C(O)C(O)C2N)C(OC2OC(CO)C(OC3OC(CN)C(O)C(O)C3N)C2O)C1O. The van der Waals surface area contributed by atoms with Gasteiger partial charge in [-0.3, -0.25) is 4.79 Å². The van der Waals surface area contributed by atoms with Gasteiger partial charge in [0.25, 0.3) is 5.91 Å². The van der Waals surface area contributed by atoms with Gasteiger partial charge in [-0.2, -0.15) is 0 Å². The molecule has 4 rings (SSSR count). The zero-order chi connectivity index (χ0) is 37.2. The molecule has 3 heterocycles. The van der Waals surface area contributed by atoms with Gasteiger partial charge in [-0.15, -0.1) is 0 Å². The van der Waals surface area contributed by atoms with Gasteiger partial charge in [-0.1, -0.05) is 0 Å². The van der Waals surface area contributed by atoms with Crippen molar-refractivity contribution < 1.29 is 79.2 Å². The van der Waals surface area contributed by atoms with Crippen LogP contribution in [-0.4, -0.2) is 207 Å². The van der Waals surface area contributed by atoms with Gasteiger partial charge >= 0.3 is 0 Å². The predicted octanol–water partition coefficient (Wildman–Crippen LogP) is -11.1. The number of amides is 1. The van der Waals surface area contributed by atoms with E-state index in [2.05, 4.69) is 5.32 Å². The average molecular weight is 732 g/mol. The van der Waals surface area contributed by atoms with Crippen LogP contribution in [0.2, 0.25) is 0 Å². The second-order valence-corrected chi connectivity index (χ2v) is 12.9. The van der Waals surface area contributed by atoms with Crippen LogP contribution < -0.4 is 39.7 Å². The molecule has 0 radical (unpaired) electrons. The Kier molecular flexibility index (Phi) is 14.6. The molecule has 4 fully saturated rings. The van der Waals surface area contributed by atoms with Crippen LogP contribution in [0.5, 0.6) is 0 Å². The third-order valence-corrected chi connectivity index (χ3v) is 9.53. The molecule has 21 unspecified atom stereocenters. The lowest BCUT2D eigenvalue weighted by atomic mass is 9.83. The van der Waals surface area contributed by atoms with Crippen molar-refractivity contribution in [2.24, 2.45) is 34.4 Å². The van der Waals surface area contributed by atoms with E-state index >= 15 is 0 Å². The van der Waals surface area contributed by atoms with E-state index < -0.39 is 148 Å². The second-order valence-electron chi connectivity index (χ2n) is 12.9. The van der Waals surface area contributed by atoms with Crippen LogP contribution in [0.4, 0.5) is 0 Å². The Bertz CT molecular complexity index is 1090. The molecule has 0 bridgehead atoms. The van der Waals surface area contributed by atoms with Crippen molar-refractivity contribution in [1.29, 1.82) is 0 Å². The monoisotopic (exact) mass is 731 g/mol.